The Hall–Kier alpha value is -2.62. The molecule has 0 aliphatic carbocycles. The van der Waals surface area contributed by atoms with Gasteiger partial charge in [0, 0.05) is 14.1 Å². The fourth-order valence-corrected chi connectivity index (χ4v) is 2.93. The van der Waals surface area contributed by atoms with Gasteiger partial charge in [-0.05, 0) is 32.7 Å². The normalized spacial score (nSPS) is 12.1. The molecule has 0 unspecified atom stereocenters. The van der Waals surface area contributed by atoms with E-state index in [1.54, 1.807) is 14.1 Å². The molecule has 0 spiro atoms. The van der Waals surface area contributed by atoms with Crippen molar-refractivity contribution in [2.45, 2.75) is 13.1 Å². The number of nitrogens with zero attached hydrogens (tertiary/aromatic N) is 4. The first kappa shape index (κ1) is 14.3. The predicted molar refractivity (Wildman–Crippen MR) is 90.4 cm³/mol. The third-order valence-corrected chi connectivity index (χ3v) is 3.90. The monoisotopic (exact) mass is 290 g/mol. The molecule has 22 heavy (non-hydrogen) atoms. The molecule has 0 aliphatic heterocycles. The molecule has 0 radical (unpaired) electrons. The number of hydrogen-bond donors (Lipinski definition) is 0. The van der Waals surface area contributed by atoms with E-state index in [1.165, 1.54) is 32.7 Å². The van der Waals surface area contributed by atoms with Gasteiger partial charge in [0.25, 0.3) is 0 Å². The summed E-state index contributed by atoms with van der Waals surface area (Å²) >= 11 is 0. The summed E-state index contributed by atoms with van der Waals surface area (Å²) in [6.45, 7) is 1.18. The molecule has 4 heteroatoms. The van der Waals surface area contributed by atoms with Crippen LogP contribution in [0, 0.1) is 0 Å². The Kier molecular flexibility index (Phi) is 4.19. The van der Waals surface area contributed by atoms with Gasteiger partial charge in [0.2, 0.25) is 0 Å². The van der Waals surface area contributed by atoms with Crippen LogP contribution in [-0.2, 0) is 13.1 Å². The van der Waals surface area contributed by atoms with Gasteiger partial charge in [-0.3, -0.25) is 0 Å². The summed E-state index contributed by atoms with van der Waals surface area (Å²) in [5.41, 5.74) is 2.43. The largest absolute Gasteiger partial charge is 0.197 e. The Morgan fingerprint density at radius 1 is 0.591 bits per heavy atom. The highest BCUT2D eigenvalue weighted by atomic mass is 15.1. The highest BCUT2D eigenvalue weighted by Crippen LogP contribution is 2.33. The lowest BCUT2D eigenvalue weighted by atomic mass is 9.92. The van der Waals surface area contributed by atoms with E-state index in [0.717, 1.165) is 0 Å². The van der Waals surface area contributed by atoms with Gasteiger partial charge in [0.05, 0.1) is 13.1 Å². The smallest absolute Gasteiger partial charge is 0.0861 e. The SMILES string of the molecule is CN=NCc1c2ccccc2c(CN=NC)c2ccccc12. The van der Waals surface area contributed by atoms with E-state index in [9.17, 15) is 0 Å². The van der Waals surface area contributed by atoms with Crippen molar-refractivity contribution in [1.82, 2.24) is 0 Å². The lowest BCUT2D eigenvalue weighted by Gasteiger charge is -2.14. The van der Waals surface area contributed by atoms with Gasteiger partial charge in [-0.25, -0.2) is 0 Å². The Balaban J connectivity index is 2.41. The van der Waals surface area contributed by atoms with Crippen molar-refractivity contribution in [3.63, 3.8) is 0 Å². The second-order valence-electron chi connectivity index (χ2n) is 5.05. The lowest BCUT2D eigenvalue weighted by Crippen LogP contribution is -1.94. The first-order valence-corrected chi connectivity index (χ1v) is 7.29. The number of azo groups is 2. The van der Waals surface area contributed by atoms with Gasteiger partial charge in [-0.15, -0.1) is 0 Å². The summed E-state index contributed by atoms with van der Waals surface area (Å²) < 4.78 is 0. The van der Waals surface area contributed by atoms with Crippen LogP contribution in [0.2, 0.25) is 0 Å². The molecule has 0 aromatic heterocycles. The van der Waals surface area contributed by atoms with Gasteiger partial charge >= 0.3 is 0 Å². The predicted octanol–water partition coefficient (Wildman–Crippen LogP) is 5.16. The zero-order chi connectivity index (χ0) is 15.4. The average Bonchev–Trinajstić information content (AvgIpc) is 2.58. The van der Waals surface area contributed by atoms with Crippen molar-refractivity contribution < 1.29 is 0 Å². The minimum absolute atomic E-state index is 0.590. The molecule has 3 rings (SSSR count). The van der Waals surface area contributed by atoms with E-state index in [-0.39, 0.29) is 0 Å². The molecule has 0 saturated carbocycles. The van der Waals surface area contributed by atoms with Crippen molar-refractivity contribution in [2.24, 2.45) is 20.5 Å². The first-order valence-electron chi connectivity index (χ1n) is 7.29. The van der Waals surface area contributed by atoms with Gasteiger partial charge in [-0.2, -0.15) is 20.5 Å². The first-order chi connectivity index (χ1) is 10.9. The number of hydrogen-bond acceptors (Lipinski definition) is 4. The lowest BCUT2D eigenvalue weighted by molar-refractivity contribution is 0.939. The van der Waals surface area contributed by atoms with Crippen molar-refractivity contribution in [3.05, 3.63) is 59.7 Å². The maximum absolute atomic E-state index is 4.22. The molecule has 0 aliphatic rings. The maximum Gasteiger partial charge on any atom is 0.0861 e. The zero-order valence-corrected chi connectivity index (χ0v) is 12.8. The zero-order valence-electron chi connectivity index (χ0n) is 12.8. The molecular weight excluding hydrogens is 272 g/mol. The van der Waals surface area contributed by atoms with E-state index < -0.39 is 0 Å². The van der Waals surface area contributed by atoms with Crippen molar-refractivity contribution in [3.8, 4) is 0 Å². The summed E-state index contributed by atoms with van der Waals surface area (Å²) in [4.78, 5) is 0. The minimum Gasteiger partial charge on any atom is -0.197 e. The van der Waals surface area contributed by atoms with Crippen LogP contribution in [0.5, 0.6) is 0 Å². The van der Waals surface area contributed by atoms with E-state index in [0.29, 0.717) is 13.1 Å². The highest BCUT2D eigenvalue weighted by Gasteiger charge is 2.12. The number of benzene rings is 3. The molecular formula is C18H18N4. The molecule has 3 aromatic rings. The summed E-state index contributed by atoms with van der Waals surface area (Å²) in [6, 6.07) is 16.8. The third kappa shape index (κ3) is 2.48. The van der Waals surface area contributed by atoms with E-state index in [1.807, 2.05) is 0 Å². The fraction of sp³-hybridized carbons (Fsp3) is 0.222. The Morgan fingerprint density at radius 2 is 0.909 bits per heavy atom. The molecule has 0 fully saturated rings. The second-order valence-corrected chi connectivity index (χ2v) is 5.05. The Labute approximate surface area is 129 Å². The molecule has 3 aromatic carbocycles. The standard InChI is InChI=1S/C18H18N4/c1-19-21-11-17-13-7-3-5-9-15(13)18(12-22-20-2)16-10-6-4-8-14(16)17/h3-10H,11-12H2,1-2H3. The average molecular weight is 290 g/mol. The third-order valence-electron chi connectivity index (χ3n) is 3.90. The Morgan fingerprint density at radius 3 is 1.18 bits per heavy atom. The van der Waals surface area contributed by atoms with Crippen LogP contribution in [0.25, 0.3) is 21.5 Å². The molecule has 110 valence electrons. The fourth-order valence-electron chi connectivity index (χ4n) is 2.93. The molecule has 4 nitrogen and oxygen atoms in total. The van der Waals surface area contributed by atoms with Crippen LogP contribution < -0.4 is 0 Å². The molecule has 0 heterocycles. The second kappa shape index (κ2) is 6.43. The number of rotatable bonds is 4. The molecule has 0 atom stereocenters. The van der Waals surface area contributed by atoms with Crippen LogP contribution in [0.3, 0.4) is 0 Å². The van der Waals surface area contributed by atoms with Gasteiger partial charge in [0.15, 0.2) is 0 Å². The van der Waals surface area contributed by atoms with E-state index >= 15 is 0 Å². The van der Waals surface area contributed by atoms with E-state index in [2.05, 4.69) is 69.0 Å². The van der Waals surface area contributed by atoms with Crippen LogP contribution in [0.4, 0.5) is 0 Å². The van der Waals surface area contributed by atoms with Gasteiger partial charge in [0.1, 0.15) is 0 Å². The summed E-state index contributed by atoms with van der Waals surface area (Å²) in [5, 5.41) is 21.1. The Bertz CT molecular complexity index is 736. The summed E-state index contributed by atoms with van der Waals surface area (Å²) in [5.74, 6) is 0. The molecule has 0 bridgehead atoms. The van der Waals surface area contributed by atoms with Crippen molar-refractivity contribution in [1.29, 1.82) is 0 Å². The van der Waals surface area contributed by atoms with Gasteiger partial charge < -0.3 is 0 Å². The molecule has 0 N–H and O–H groups in total. The quantitative estimate of drug-likeness (QED) is 0.471. The number of fused-ring (bicyclic) bond motifs is 2. The molecule has 0 saturated heterocycles. The maximum atomic E-state index is 4.22. The van der Waals surface area contributed by atoms with Crippen molar-refractivity contribution in [2.75, 3.05) is 14.1 Å². The van der Waals surface area contributed by atoms with E-state index in [4.69, 9.17) is 0 Å². The summed E-state index contributed by atoms with van der Waals surface area (Å²) in [7, 11) is 3.42. The minimum atomic E-state index is 0.590. The summed E-state index contributed by atoms with van der Waals surface area (Å²) in [6.07, 6.45) is 0. The molecule has 0 amide bonds. The van der Waals surface area contributed by atoms with Crippen LogP contribution in [-0.4, -0.2) is 14.1 Å². The van der Waals surface area contributed by atoms with Crippen LogP contribution >= 0.6 is 0 Å². The topological polar surface area (TPSA) is 49.4 Å². The van der Waals surface area contributed by atoms with Crippen molar-refractivity contribution >= 4 is 21.5 Å². The highest BCUT2D eigenvalue weighted by molar-refractivity contribution is 6.05. The van der Waals surface area contributed by atoms with Gasteiger partial charge in [-0.1, -0.05) is 48.5 Å². The van der Waals surface area contributed by atoms with Crippen LogP contribution in [0.1, 0.15) is 11.1 Å². The van der Waals surface area contributed by atoms with Crippen LogP contribution in [0.15, 0.2) is 69.0 Å².